The van der Waals surface area contributed by atoms with Gasteiger partial charge >= 0.3 is 0 Å². The largest absolute Gasteiger partial charge is 0.372 e. The predicted molar refractivity (Wildman–Crippen MR) is 74.9 cm³/mol. The van der Waals surface area contributed by atoms with Gasteiger partial charge in [0.1, 0.15) is 0 Å². The van der Waals surface area contributed by atoms with Crippen LogP contribution in [0.15, 0.2) is 24.3 Å². The molecule has 0 radical (unpaired) electrons. The first kappa shape index (κ1) is 13.7. The van der Waals surface area contributed by atoms with Crippen LogP contribution in [0.5, 0.6) is 0 Å². The zero-order chi connectivity index (χ0) is 13.0. The minimum Gasteiger partial charge on any atom is -0.372 e. The Balaban J connectivity index is 2.01. The second kappa shape index (κ2) is 6.45. The first-order valence-electron chi connectivity index (χ1n) is 6.45. The number of rotatable bonds is 5. The summed E-state index contributed by atoms with van der Waals surface area (Å²) in [6, 6.07) is 8.29. The molecular weight excluding hydrogens is 246 g/mol. The standard InChI is InChI=1S/C14H21NO2S/c1-11(8-15)9-18(16)10-14-13-5-3-2-4-12(13)6-7-17-14/h2-5,11,14H,6-10,15H2,1H3. The average molecular weight is 267 g/mol. The van der Waals surface area contributed by atoms with Gasteiger partial charge in [-0.25, -0.2) is 0 Å². The van der Waals surface area contributed by atoms with E-state index in [1.807, 2.05) is 13.0 Å². The van der Waals surface area contributed by atoms with Crippen LogP contribution in [-0.2, 0) is 22.0 Å². The van der Waals surface area contributed by atoms with Gasteiger partial charge in [-0.3, -0.25) is 4.21 Å². The summed E-state index contributed by atoms with van der Waals surface area (Å²) in [5, 5.41) is 0. The Hall–Kier alpha value is -0.710. The molecular formula is C14H21NO2S. The zero-order valence-corrected chi connectivity index (χ0v) is 11.6. The molecule has 2 N–H and O–H groups in total. The third-order valence-corrected chi connectivity index (χ3v) is 4.92. The SMILES string of the molecule is CC(CN)CS(=O)CC1OCCc2ccccc21. The van der Waals surface area contributed by atoms with E-state index < -0.39 is 10.8 Å². The molecule has 4 heteroatoms. The molecule has 1 heterocycles. The van der Waals surface area contributed by atoms with Crippen LogP contribution in [0.3, 0.4) is 0 Å². The van der Waals surface area contributed by atoms with E-state index in [1.54, 1.807) is 0 Å². The van der Waals surface area contributed by atoms with Crippen LogP contribution >= 0.6 is 0 Å². The molecule has 0 bridgehead atoms. The van der Waals surface area contributed by atoms with Gasteiger partial charge < -0.3 is 10.5 Å². The van der Waals surface area contributed by atoms with E-state index >= 15 is 0 Å². The summed E-state index contributed by atoms with van der Waals surface area (Å²) in [7, 11) is -0.860. The number of hydrogen-bond acceptors (Lipinski definition) is 3. The minimum atomic E-state index is -0.860. The lowest BCUT2D eigenvalue weighted by Crippen LogP contribution is -2.25. The highest BCUT2D eigenvalue weighted by atomic mass is 32.2. The fraction of sp³-hybridized carbons (Fsp3) is 0.571. The highest BCUT2D eigenvalue weighted by Gasteiger charge is 2.22. The first-order chi connectivity index (χ1) is 8.70. The van der Waals surface area contributed by atoms with E-state index in [0.717, 1.165) is 13.0 Å². The van der Waals surface area contributed by atoms with Crippen molar-refractivity contribution in [3.8, 4) is 0 Å². The second-order valence-corrected chi connectivity index (χ2v) is 6.47. The fourth-order valence-corrected chi connectivity index (χ4v) is 3.76. The summed E-state index contributed by atoms with van der Waals surface area (Å²) in [5.41, 5.74) is 8.10. The van der Waals surface area contributed by atoms with Crippen molar-refractivity contribution in [2.45, 2.75) is 19.4 Å². The van der Waals surface area contributed by atoms with Gasteiger partial charge in [-0.1, -0.05) is 31.2 Å². The van der Waals surface area contributed by atoms with Gasteiger partial charge in [0.25, 0.3) is 0 Å². The molecule has 1 aliphatic heterocycles. The van der Waals surface area contributed by atoms with Crippen LogP contribution in [0.1, 0.15) is 24.2 Å². The Kier molecular flexibility index (Phi) is 4.92. The highest BCUT2D eigenvalue weighted by molar-refractivity contribution is 7.85. The van der Waals surface area contributed by atoms with Crippen molar-refractivity contribution >= 4 is 10.8 Å². The third-order valence-electron chi connectivity index (χ3n) is 3.30. The molecule has 0 saturated heterocycles. The molecule has 1 aliphatic rings. The molecule has 2 rings (SSSR count). The molecule has 0 fully saturated rings. The average Bonchev–Trinajstić information content (AvgIpc) is 2.39. The molecule has 3 atom stereocenters. The quantitative estimate of drug-likeness (QED) is 0.882. The lowest BCUT2D eigenvalue weighted by Gasteiger charge is -2.26. The molecule has 100 valence electrons. The summed E-state index contributed by atoms with van der Waals surface area (Å²) in [4.78, 5) is 0. The number of ether oxygens (including phenoxy) is 1. The second-order valence-electron chi connectivity index (χ2n) is 4.92. The fourth-order valence-electron chi connectivity index (χ4n) is 2.24. The van der Waals surface area contributed by atoms with Crippen molar-refractivity contribution in [1.29, 1.82) is 0 Å². The van der Waals surface area contributed by atoms with E-state index in [-0.39, 0.29) is 6.10 Å². The molecule has 0 spiro atoms. The maximum atomic E-state index is 12.1. The van der Waals surface area contributed by atoms with Crippen LogP contribution in [0.4, 0.5) is 0 Å². The van der Waals surface area contributed by atoms with Crippen LogP contribution in [0, 0.1) is 5.92 Å². The number of benzene rings is 1. The Morgan fingerprint density at radius 3 is 3.06 bits per heavy atom. The normalized spacial score (nSPS) is 22.2. The molecule has 1 aromatic rings. The van der Waals surface area contributed by atoms with E-state index in [9.17, 15) is 4.21 Å². The van der Waals surface area contributed by atoms with Crippen LogP contribution in [0.2, 0.25) is 0 Å². The Morgan fingerprint density at radius 2 is 2.28 bits per heavy atom. The van der Waals surface area contributed by atoms with Gasteiger partial charge in [-0.05, 0) is 30.0 Å². The van der Waals surface area contributed by atoms with Gasteiger partial charge in [0, 0.05) is 16.6 Å². The predicted octanol–water partition coefficient (Wildman–Crippen LogP) is 1.64. The topological polar surface area (TPSA) is 52.3 Å². The Bertz CT molecular complexity index is 422. The first-order valence-corrected chi connectivity index (χ1v) is 7.94. The van der Waals surface area contributed by atoms with E-state index in [2.05, 4.69) is 18.2 Å². The van der Waals surface area contributed by atoms with E-state index in [4.69, 9.17) is 10.5 Å². The molecule has 18 heavy (non-hydrogen) atoms. The summed E-state index contributed by atoms with van der Waals surface area (Å²) in [6.07, 6.45) is 0.944. The minimum absolute atomic E-state index is 0.0132. The molecule has 3 nitrogen and oxygen atoms in total. The van der Waals surface area contributed by atoms with Crippen LogP contribution in [-0.4, -0.2) is 28.9 Å². The van der Waals surface area contributed by atoms with Crippen LogP contribution in [0.25, 0.3) is 0 Å². The Morgan fingerprint density at radius 1 is 1.50 bits per heavy atom. The van der Waals surface area contributed by atoms with Gasteiger partial charge in [0.15, 0.2) is 0 Å². The maximum absolute atomic E-state index is 12.1. The van der Waals surface area contributed by atoms with Crippen LogP contribution < -0.4 is 5.73 Å². The molecule has 1 aromatic carbocycles. The lowest BCUT2D eigenvalue weighted by atomic mass is 9.99. The summed E-state index contributed by atoms with van der Waals surface area (Å²) in [5.74, 6) is 1.56. The molecule has 0 aromatic heterocycles. The zero-order valence-electron chi connectivity index (χ0n) is 10.8. The van der Waals surface area contributed by atoms with Gasteiger partial charge in [-0.2, -0.15) is 0 Å². The van der Waals surface area contributed by atoms with Crippen molar-refractivity contribution in [1.82, 2.24) is 0 Å². The monoisotopic (exact) mass is 267 g/mol. The summed E-state index contributed by atoms with van der Waals surface area (Å²) < 4.78 is 17.8. The smallest absolute Gasteiger partial charge is 0.0942 e. The van der Waals surface area contributed by atoms with Gasteiger partial charge in [0.2, 0.25) is 0 Å². The van der Waals surface area contributed by atoms with Crippen molar-refractivity contribution in [2.75, 3.05) is 24.7 Å². The molecule has 0 saturated carbocycles. The van der Waals surface area contributed by atoms with Crippen molar-refractivity contribution < 1.29 is 8.95 Å². The number of fused-ring (bicyclic) bond motifs is 1. The summed E-state index contributed by atoms with van der Waals surface area (Å²) >= 11 is 0. The molecule has 0 aliphatic carbocycles. The van der Waals surface area contributed by atoms with E-state index in [1.165, 1.54) is 11.1 Å². The maximum Gasteiger partial charge on any atom is 0.0942 e. The highest BCUT2D eigenvalue weighted by Crippen LogP contribution is 2.27. The van der Waals surface area contributed by atoms with Crippen molar-refractivity contribution in [3.05, 3.63) is 35.4 Å². The van der Waals surface area contributed by atoms with Gasteiger partial charge in [0.05, 0.1) is 18.5 Å². The lowest BCUT2D eigenvalue weighted by molar-refractivity contribution is 0.0582. The Labute approximate surface area is 111 Å². The third kappa shape index (κ3) is 3.40. The summed E-state index contributed by atoms with van der Waals surface area (Å²) in [6.45, 7) is 3.35. The molecule has 0 amide bonds. The van der Waals surface area contributed by atoms with Crippen molar-refractivity contribution in [2.24, 2.45) is 11.7 Å². The number of nitrogens with two attached hydrogens (primary N) is 1. The van der Waals surface area contributed by atoms with Crippen molar-refractivity contribution in [3.63, 3.8) is 0 Å². The van der Waals surface area contributed by atoms with Gasteiger partial charge in [-0.15, -0.1) is 0 Å². The van der Waals surface area contributed by atoms with E-state index in [0.29, 0.717) is 24.0 Å². The number of hydrogen-bond donors (Lipinski definition) is 1. The molecule has 3 unspecified atom stereocenters.